The third kappa shape index (κ3) is 6.02. The average Bonchev–Trinajstić information content (AvgIpc) is 2.91. The minimum atomic E-state index is 0.496. The average molecular weight is 377 g/mol. The Morgan fingerprint density at radius 2 is 1.86 bits per heavy atom. The van der Waals surface area contributed by atoms with Crippen LogP contribution in [0.3, 0.4) is 0 Å². The summed E-state index contributed by atoms with van der Waals surface area (Å²) in [4.78, 5) is 10.3. The molecular weight excluding hydrogens is 340 g/mol. The molecule has 2 aliphatic carbocycles. The molecule has 3 rings (SSSR count). The summed E-state index contributed by atoms with van der Waals surface area (Å²) in [6.07, 6.45) is 16.5. The molecular formula is C26H36N2. The van der Waals surface area contributed by atoms with Crippen LogP contribution in [0.25, 0.3) is 0 Å². The fourth-order valence-corrected chi connectivity index (χ4v) is 4.27. The Labute approximate surface area is 171 Å². The van der Waals surface area contributed by atoms with Gasteiger partial charge in [0.1, 0.15) is 0 Å². The minimum absolute atomic E-state index is 0.496. The number of allylic oxidation sites excluding steroid dienone is 4. The molecule has 0 saturated heterocycles. The lowest BCUT2D eigenvalue weighted by atomic mass is 9.92. The van der Waals surface area contributed by atoms with E-state index in [1.807, 2.05) is 0 Å². The van der Waals surface area contributed by atoms with Crippen molar-refractivity contribution < 1.29 is 0 Å². The van der Waals surface area contributed by atoms with E-state index in [0.717, 1.165) is 38.6 Å². The largest absolute Gasteiger partial charge is 0.289 e. The molecule has 0 bridgehead atoms. The molecule has 2 aliphatic rings. The molecule has 28 heavy (non-hydrogen) atoms. The molecule has 0 aliphatic heterocycles. The molecule has 1 fully saturated rings. The van der Waals surface area contributed by atoms with E-state index in [4.69, 9.17) is 9.98 Å². The van der Waals surface area contributed by atoms with Crippen molar-refractivity contribution in [2.24, 2.45) is 9.98 Å². The maximum Gasteiger partial charge on any atom is 0.0664 e. The van der Waals surface area contributed by atoms with Crippen LogP contribution >= 0.6 is 0 Å². The van der Waals surface area contributed by atoms with Gasteiger partial charge in [0, 0.05) is 17.8 Å². The second kappa shape index (κ2) is 11.1. The van der Waals surface area contributed by atoms with Crippen LogP contribution in [0, 0.1) is 0 Å². The molecule has 1 aromatic rings. The first kappa shape index (κ1) is 20.8. The fraction of sp³-hybridized carbons (Fsp3) is 0.538. The molecule has 0 heterocycles. The van der Waals surface area contributed by atoms with Gasteiger partial charge in [-0.2, -0.15) is 0 Å². The molecule has 0 atom stereocenters. The molecule has 0 spiro atoms. The first-order valence-electron chi connectivity index (χ1n) is 11.3. The van der Waals surface area contributed by atoms with E-state index >= 15 is 0 Å². The summed E-state index contributed by atoms with van der Waals surface area (Å²) in [7, 11) is 0. The zero-order valence-electron chi connectivity index (χ0n) is 17.8. The van der Waals surface area contributed by atoms with Gasteiger partial charge in [0.15, 0.2) is 0 Å². The first-order valence-corrected chi connectivity index (χ1v) is 11.3. The van der Waals surface area contributed by atoms with E-state index in [9.17, 15) is 0 Å². The van der Waals surface area contributed by atoms with E-state index in [-0.39, 0.29) is 0 Å². The predicted octanol–water partition coefficient (Wildman–Crippen LogP) is 6.91. The summed E-state index contributed by atoms with van der Waals surface area (Å²) in [6, 6.07) is 11.3. The molecule has 2 heteroatoms. The van der Waals surface area contributed by atoms with Crippen molar-refractivity contribution in [3.8, 4) is 0 Å². The van der Waals surface area contributed by atoms with Crippen LogP contribution in [0.15, 0.2) is 63.6 Å². The number of benzene rings is 1. The summed E-state index contributed by atoms with van der Waals surface area (Å²) >= 11 is 0. The maximum absolute atomic E-state index is 5.26. The van der Waals surface area contributed by atoms with Crippen LogP contribution in [0.5, 0.6) is 0 Å². The third-order valence-electron chi connectivity index (χ3n) is 5.85. The van der Waals surface area contributed by atoms with Crippen LogP contribution in [0.2, 0.25) is 0 Å². The Bertz CT molecular complexity index is 731. The molecule has 2 nitrogen and oxygen atoms in total. The van der Waals surface area contributed by atoms with Gasteiger partial charge in [-0.05, 0) is 63.5 Å². The smallest absolute Gasteiger partial charge is 0.0664 e. The monoisotopic (exact) mass is 376 g/mol. The highest BCUT2D eigenvalue weighted by molar-refractivity contribution is 6.28. The second-order valence-corrected chi connectivity index (χ2v) is 8.22. The molecule has 0 radical (unpaired) electrons. The van der Waals surface area contributed by atoms with Crippen molar-refractivity contribution in [1.82, 2.24) is 0 Å². The van der Waals surface area contributed by atoms with Gasteiger partial charge in [-0.25, -0.2) is 0 Å². The van der Waals surface area contributed by atoms with Crippen LogP contribution in [-0.2, 0) is 6.42 Å². The molecule has 0 amide bonds. The maximum atomic E-state index is 5.26. The second-order valence-electron chi connectivity index (χ2n) is 8.22. The Kier molecular flexibility index (Phi) is 8.26. The highest BCUT2D eigenvalue weighted by atomic mass is 14.8. The number of rotatable bonds is 7. The Morgan fingerprint density at radius 1 is 1.07 bits per heavy atom. The topological polar surface area (TPSA) is 24.7 Å². The number of hydrogen-bond acceptors (Lipinski definition) is 2. The predicted molar refractivity (Wildman–Crippen MR) is 123 cm³/mol. The highest BCUT2D eigenvalue weighted by Crippen LogP contribution is 2.26. The Hall–Kier alpha value is -1.96. The van der Waals surface area contributed by atoms with E-state index in [0.29, 0.717) is 6.04 Å². The highest BCUT2D eigenvalue weighted by Gasteiger charge is 2.20. The summed E-state index contributed by atoms with van der Waals surface area (Å²) in [5.74, 6) is 0. The van der Waals surface area contributed by atoms with Crippen molar-refractivity contribution in [3.63, 3.8) is 0 Å². The number of aryl methyl sites for hydroxylation is 1. The van der Waals surface area contributed by atoms with E-state index in [1.165, 1.54) is 60.2 Å². The normalized spacial score (nSPS) is 20.6. The van der Waals surface area contributed by atoms with Gasteiger partial charge in [-0.1, -0.05) is 68.2 Å². The quantitative estimate of drug-likeness (QED) is 0.462. The minimum Gasteiger partial charge on any atom is -0.289 e. The van der Waals surface area contributed by atoms with Crippen molar-refractivity contribution >= 4 is 11.4 Å². The lowest BCUT2D eigenvalue weighted by Gasteiger charge is -2.21. The molecule has 1 saturated carbocycles. The Morgan fingerprint density at radius 3 is 2.61 bits per heavy atom. The van der Waals surface area contributed by atoms with Gasteiger partial charge in [0.25, 0.3) is 0 Å². The van der Waals surface area contributed by atoms with Crippen LogP contribution in [0.4, 0.5) is 0 Å². The summed E-state index contributed by atoms with van der Waals surface area (Å²) in [5, 5.41) is 0. The van der Waals surface area contributed by atoms with Crippen LogP contribution in [0.1, 0.15) is 77.2 Å². The van der Waals surface area contributed by atoms with Gasteiger partial charge in [0.2, 0.25) is 0 Å². The van der Waals surface area contributed by atoms with E-state index < -0.39 is 0 Å². The van der Waals surface area contributed by atoms with Gasteiger partial charge in [-0.3, -0.25) is 9.98 Å². The molecule has 0 unspecified atom stereocenters. The lowest BCUT2D eigenvalue weighted by Crippen LogP contribution is -2.19. The lowest BCUT2D eigenvalue weighted by molar-refractivity contribution is 0.444. The van der Waals surface area contributed by atoms with Crippen molar-refractivity contribution in [2.75, 3.05) is 6.54 Å². The van der Waals surface area contributed by atoms with Crippen molar-refractivity contribution in [1.29, 1.82) is 0 Å². The zero-order chi connectivity index (χ0) is 19.6. The van der Waals surface area contributed by atoms with E-state index in [1.54, 1.807) is 0 Å². The summed E-state index contributed by atoms with van der Waals surface area (Å²) in [6.45, 7) is 5.41. The zero-order valence-corrected chi connectivity index (χ0v) is 17.8. The fourth-order valence-electron chi connectivity index (χ4n) is 4.27. The van der Waals surface area contributed by atoms with E-state index in [2.05, 4.69) is 56.3 Å². The SMILES string of the molecule is CCCN=C(CCc1ccccc1)C1=C(C)CCC=CC1=NC1CCCCC1. The van der Waals surface area contributed by atoms with Gasteiger partial charge in [-0.15, -0.1) is 0 Å². The summed E-state index contributed by atoms with van der Waals surface area (Å²) in [5.41, 5.74) is 6.67. The molecule has 0 N–H and O–H groups in total. The number of hydrogen-bond donors (Lipinski definition) is 0. The van der Waals surface area contributed by atoms with Gasteiger partial charge in [0.05, 0.1) is 11.8 Å². The Balaban J connectivity index is 1.88. The van der Waals surface area contributed by atoms with Crippen molar-refractivity contribution in [2.45, 2.75) is 84.1 Å². The number of nitrogens with zero attached hydrogens (tertiary/aromatic N) is 2. The molecule has 150 valence electrons. The van der Waals surface area contributed by atoms with Crippen molar-refractivity contribution in [3.05, 3.63) is 59.2 Å². The van der Waals surface area contributed by atoms with Gasteiger partial charge >= 0.3 is 0 Å². The van der Waals surface area contributed by atoms with Crippen LogP contribution < -0.4 is 0 Å². The summed E-state index contributed by atoms with van der Waals surface area (Å²) < 4.78 is 0. The molecule has 1 aromatic carbocycles. The van der Waals surface area contributed by atoms with Crippen LogP contribution in [-0.4, -0.2) is 24.0 Å². The first-order chi connectivity index (χ1) is 13.8. The standard InChI is InChI=1S/C26H36N2/c1-3-20-27-24(19-18-22-13-6-4-7-14-22)26-21(2)12-10-11-17-25(26)28-23-15-8-5-9-16-23/h4,6-7,11,13-14,17,23H,3,5,8-10,12,15-16,18-20H2,1-2H3. The number of aliphatic imine (C=N–C) groups is 2. The third-order valence-corrected chi connectivity index (χ3v) is 5.85. The molecule has 0 aromatic heterocycles. The van der Waals surface area contributed by atoms with Gasteiger partial charge < -0.3 is 0 Å².